The van der Waals surface area contributed by atoms with Crippen LogP contribution in [0.5, 0.6) is 5.75 Å². The minimum absolute atomic E-state index is 0.386. The number of ether oxygens (including phenoxy) is 3. The molecule has 0 saturated carbocycles. The molecule has 0 radical (unpaired) electrons. The van der Waals surface area contributed by atoms with E-state index in [1.807, 2.05) is 12.1 Å². The lowest BCUT2D eigenvalue weighted by atomic mass is 9.96. The standard InChI is InChI=1S/C18H27NO3.C6H8O7/c1-20-18-7-3-2-5-16(18)12-19(11-15-8-10-21-14-15)13-17-6-4-9-22-17;7-3(8)1-6(13,5(11)12)2-4(9)10/h2-3,5,7,15,17H,4,6,8-14H2,1H3;13H,1-2H2,(H,7,8)(H,9,10)(H,11,12). The molecule has 2 unspecified atom stereocenters. The third kappa shape index (κ3) is 9.81. The Balaban J connectivity index is 0.000000287. The first-order chi connectivity index (χ1) is 16.6. The van der Waals surface area contributed by atoms with Crippen LogP contribution in [0.2, 0.25) is 0 Å². The molecule has 2 aliphatic rings. The summed E-state index contributed by atoms with van der Waals surface area (Å²) in [5, 5.41) is 33.8. The van der Waals surface area contributed by atoms with E-state index in [0.29, 0.717) is 12.0 Å². The maximum atomic E-state index is 10.3. The van der Waals surface area contributed by atoms with Crippen molar-refractivity contribution in [3.8, 4) is 5.75 Å². The van der Waals surface area contributed by atoms with E-state index in [4.69, 9.17) is 34.6 Å². The number of hydrogen-bond acceptors (Lipinski definition) is 8. The highest BCUT2D eigenvalue weighted by molar-refractivity contribution is 5.88. The number of para-hydroxylation sites is 1. The molecule has 0 amide bonds. The number of carboxylic acids is 3. The quantitative estimate of drug-likeness (QED) is 0.331. The normalized spacial score (nSPS) is 19.7. The van der Waals surface area contributed by atoms with Crippen LogP contribution in [0.1, 0.15) is 37.7 Å². The first kappa shape index (κ1) is 28.5. The van der Waals surface area contributed by atoms with Gasteiger partial charge in [0.1, 0.15) is 5.75 Å². The molecule has 2 heterocycles. The fourth-order valence-corrected chi connectivity index (χ4v) is 4.16. The molecule has 0 spiro atoms. The molecule has 1 aromatic carbocycles. The Morgan fingerprint density at radius 1 is 1.06 bits per heavy atom. The fourth-order valence-electron chi connectivity index (χ4n) is 4.16. The second-order valence-corrected chi connectivity index (χ2v) is 8.85. The molecular formula is C24H35NO10. The number of aliphatic hydroxyl groups is 1. The average molecular weight is 498 g/mol. The Hall–Kier alpha value is -2.73. The van der Waals surface area contributed by atoms with Crippen molar-refractivity contribution in [3.05, 3.63) is 29.8 Å². The van der Waals surface area contributed by atoms with Gasteiger partial charge in [-0.3, -0.25) is 14.5 Å². The summed E-state index contributed by atoms with van der Waals surface area (Å²) in [5.74, 6) is -3.40. The largest absolute Gasteiger partial charge is 0.496 e. The van der Waals surface area contributed by atoms with E-state index >= 15 is 0 Å². The van der Waals surface area contributed by atoms with Gasteiger partial charge >= 0.3 is 17.9 Å². The molecule has 0 bridgehead atoms. The molecule has 2 atom stereocenters. The van der Waals surface area contributed by atoms with Gasteiger partial charge in [0.05, 0.1) is 32.7 Å². The second-order valence-electron chi connectivity index (χ2n) is 8.85. The van der Waals surface area contributed by atoms with Crippen LogP contribution in [0, 0.1) is 5.92 Å². The molecule has 0 aromatic heterocycles. The summed E-state index contributed by atoms with van der Waals surface area (Å²) in [6.45, 7) is 5.73. The number of methoxy groups -OCH3 is 1. The molecule has 4 N–H and O–H groups in total. The van der Waals surface area contributed by atoms with Crippen molar-refractivity contribution in [2.75, 3.05) is 40.0 Å². The summed E-state index contributed by atoms with van der Waals surface area (Å²) < 4.78 is 16.9. The van der Waals surface area contributed by atoms with Gasteiger partial charge in [-0.25, -0.2) is 4.79 Å². The number of hydrogen-bond donors (Lipinski definition) is 4. The van der Waals surface area contributed by atoms with Gasteiger partial charge in [-0.15, -0.1) is 0 Å². The van der Waals surface area contributed by atoms with Crippen molar-refractivity contribution in [2.45, 2.75) is 50.4 Å². The zero-order chi connectivity index (χ0) is 25.8. The van der Waals surface area contributed by atoms with Gasteiger partial charge in [-0.05, 0) is 31.2 Å². The molecule has 2 saturated heterocycles. The van der Waals surface area contributed by atoms with Gasteiger partial charge in [-0.1, -0.05) is 18.2 Å². The highest BCUT2D eigenvalue weighted by Crippen LogP contribution is 2.23. The van der Waals surface area contributed by atoms with Gasteiger partial charge in [0.25, 0.3) is 0 Å². The average Bonchev–Trinajstić information content (AvgIpc) is 3.48. The summed E-state index contributed by atoms with van der Waals surface area (Å²) in [7, 11) is 1.74. The Kier molecular flexibility index (Phi) is 11.4. The Bertz CT molecular complexity index is 799. The van der Waals surface area contributed by atoms with Crippen molar-refractivity contribution in [2.24, 2.45) is 5.92 Å². The van der Waals surface area contributed by atoms with Gasteiger partial charge in [0, 0.05) is 38.4 Å². The highest BCUT2D eigenvalue weighted by atomic mass is 16.5. The minimum Gasteiger partial charge on any atom is -0.496 e. The number of nitrogens with zero attached hydrogens (tertiary/aromatic N) is 1. The Morgan fingerprint density at radius 3 is 2.26 bits per heavy atom. The third-order valence-corrected chi connectivity index (χ3v) is 5.90. The van der Waals surface area contributed by atoms with Crippen LogP contribution in [0.3, 0.4) is 0 Å². The molecule has 11 nitrogen and oxygen atoms in total. The van der Waals surface area contributed by atoms with E-state index in [0.717, 1.165) is 45.2 Å². The number of carbonyl (C=O) groups is 3. The molecule has 3 rings (SSSR count). The molecule has 1 aromatic rings. The zero-order valence-corrected chi connectivity index (χ0v) is 19.9. The molecule has 11 heteroatoms. The van der Waals surface area contributed by atoms with Crippen LogP contribution in [-0.2, 0) is 30.4 Å². The summed E-state index contributed by atoms with van der Waals surface area (Å²) in [6.07, 6.45) is 1.65. The van der Waals surface area contributed by atoms with Crippen LogP contribution in [-0.4, -0.2) is 95.0 Å². The summed E-state index contributed by atoms with van der Waals surface area (Å²) in [4.78, 5) is 33.0. The van der Waals surface area contributed by atoms with E-state index in [2.05, 4.69) is 17.0 Å². The molecule has 2 fully saturated rings. The first-order valence-electron chi connectivity index (χ1n) is 11.6. The van der Waals surface area contributed by atoms with Crippen molar-refractivity contribution in [3.63, 3.8) is 0 Å². The van der Waals surface area contributed by atoms with Gasteiger partial charge in [-0.2, -0.15) is 0 Å². The van der Waals surface area contributed by atoms with Gasteiger partial charge in [0.15, 0.2) is 5.60 Å². The second kappa shape index (κ2) is 14.0. The van der Waals surface area contributed by atoms with E-state index in [9.17, 15) is 14.4 Å². The predicted octanol–water partition coefficient (Wildman–Crippen LogP) is 1.46. The molecular weight excluding hydrogens is 462 g/mol. The summed E-state index contributed by atoms with van der Waals surface area (Å²) in [5.41, 5.74) is -1.49. The van der Waals surface area contributed by atoms with Crippen LogP contribution in [0.15, 0.2) is 24.3 Å². The van der Waals surface area contributed by atoms with Crippen LogP contribution >= 0.6 is 0 Å². The van der Waals surface area contributed by atoms with Gasteiger partial charge < -0.3 is 34.6 Å². The number of aliphatic carboxylic acids is 3. The lowest BCUT2D eigenvalue weighted by Gasteiger charge is -2.28. The van der Waals surface area contributed by atoms with E-state index < -0.39 is 36.4 Å². The summed E-state index contributed by atoms with van der Waals surface area (Å²) in [6, 6.07) is 8.31. The van der Waals surface area contributed by atoms with Crippen LogP contribution < -0.4 is 4.74 Å². The monoisotopic (exact) mass is 497 g/mol. The van der Waals surface area contributed by atoms with Crippen molar-refractivity contribution in [1.29, 1.82) is 0 Å². The van der Waals surface area contributed by atoms with Gasteiger partial charge in [0.2, 0.25) is 0 Å². The maximum absolute atomic E-state index is 10.3. The smallest absolute Gasteiger partial charge is 0.336 e. The van der Waals surface area contributed by atoms with Crippen LogP contribution in [0.4, 0.5) is 0 Å². The van der Waals surface area contributed by atoms with E-state index in [1.54, 1.807) is 7.11 Å². The number of rotatable bonds is 12. The summed E-state index contributed by atoms with van der Waals surface area (Å²) >= 11 is 0. The SMILES string of the molecule is COc1ccccc1CN(CC1CCOC1)CC1CCCO1.O=C(O)CC(O)(CC(=O)O)C(=O)O. The van der Waals surface area contributed by atoms with Crippen LogP contribution in [0.25, 0.3) is 0 Å². The third-order valence-electron chi connectivity index (χ3n) is 5.90. The number of benzene rings is 1. The molecule has 2 aliphatic heterocycles. The molecule has 0 aliphatic carbocycles. The number of carboxylic acid groups (broad SMARTS) is 3. The van der Waals surface area contributed by atoms with Crippen molar-refractivity contribution < 1.29 is 49.0 Å². The predicted molar refractivity (Wildman–Crippen MR) is 123 cm³/mol. The fraction of sp³-hybridized carbons (Fsp3) is 0.625. The lowest BCUT2D eigenvalue weighted by Crippen LogP contribution is -2.42. The lowest BCUT2D eigenvalue weighted by molar-refractivity contribution is -0.170. The maximum Gasteiger partial charge on any atom is 0.336 e. The van der Waals surface area contributed by atoms with E-state index in [-0.39, 0.29) is 0 Å². The topological polar surface area (TPSA) is 163 Å². The minimum atomic E-state index is -2.74. The Labute approximate surface area is 204 Å². The molecule has 35 heavy (non-hydrogen) atoms. The first-order valence-corrected chi connectivity index (χ1v) is 11.6. The van der Waals surface area contributed by atoms with Crippen molar-refractivity contribution >= 4 is 17.9 Å². The highest BCUT2D eigenvalue weighted by Gasteiger charge is 2.40. The van der Waals surface area contributed by atoms with Crippen molar-refractivity contribution in [1.82, 2.24) is 4.90 Å². The Morgan fingerprint density at radius 2 is 1.74 bits per heavy atom. The zero-order valence-electron chi connectivity index (χ0n) is 19.9. The molecule has 196 valence electrons. The van der Waals surface area contributed by atoms with E-state index in [1.165, 1.54) is 24.8 Å².